The summed E-state index contributed by atoms with van der Waals surface area (Å²) in [7, 11) is 3.16. The van der Waals surface area contributed by atoms with Crippen molar-refractivity contribution in [2.24, 2.45) is 0 Å². The number of esters is 2. The van der Waals surface area contributed by atoms with Crippen LogP contribution in [0.5, 0.6) is 34.5 Å². The fourth-order valence-corrected chi connectivity index (χ4v) is 12.1. The van der Waals surface area contributed by atoms with Crippen molar-refractivity contribution >= 4 is 34.7 Å². The number of nitrogens with one attached hydrogen (secondary N) is 1. The van der Waals surface area contributed by atoms with Crippen molar-refractivity contribution in [3.05, 3.63) is 69.0 Å². The Morgan fingerprint density at radius 2 is 1.86 bits per heavy atom. The molecule has 57 heavy (non-hydrogen) atoms. The summed E-state index contributed by atoms with van der Waals surface area (Å²) in [4.78, 5) is 31.6. The van der Waals surface area contributed by atoms with Crippen LogP contribution in [0.3, 0.4) is 0 Å². The van der Waals surface area contributed by atoms with Gasteiger partial charge in [0.05, 0.1) is 31.6 Å². The number of nitrogens with zero attached hydrogens (tertiary/aromatic N) is 2. The van der Waals surface area contributed by atoms with Crippen LogP contribution < -0.4 is 29.0 Å². The quantitative estimate of drug-likeness (QED) is 0.162. The number of ether oxygens (including phenoxy) is 6. The van der Waals surface area contributed by atoms with Gasteiger partial charge in [-0.3, -0.25) is 19.9 Å². The molecule has 4 aromatic rings. The Bertz CT molecular complexity index is 2420. The lowest BCUT2D eigenvalue weighted by atomic mass is 9.75. The number of aromatic hydroxyl groups is 1. The molecule has 7 heterocycles. The van der Waals surface area contributed by atoms with Gasteiger partial charge in [-0.2, -0.15) is 11.8 Å². The van der Waals surface area contributed by atoms with E-state index in [0.717, 1.165) is 27.6 Å². The van der Waals surface area contributed by atoms with Crippen LogP contribution in [-0.2, 0) is 26.3 Å². The molecule has 15 heteroatoms. The van der Waals surface area contributed by atoms with E-state index in [1.54, 1.807) is 26.0 Å². The number of hydrogen-bond acceptors (Lipinski definition) is 15. The largest absolute Gasteiger partial charge is 0.504 e. The Balaban J connectivity index is 1.14. The van der Waals surface area contributed by atoms with Gasteiger partial charge in [0, 0.05) is 71.2 Å². The summed E-state index contributed by atoms with van der Waals surface area (Å²) in [6, 6.07) is 5.02. The molecule has 2 unspecified atom stereocenters. The normalized spacial score (nSPS) is 29.1. The smallest absolute Gasteiger partial charge is 0.331 e. The van der Waals surface area contributed by atoms with E-state index < -0.39 is 52.6 Å². The van der Waals surface area contributed by atoms with Crippen LogP contribution in [0.15, 0.2) is 28.7 Å². The van der Waals surface area contributed by atoms with E-state index in [9.17, 15) is 19.8 Å². The molecule has 2 saturated heterocycles. The standard InChI is InChI=1S/C42H45N3O11S/c1-18-12-24-27(33(47)34(18)51-6)31-32-39(57-7)29-28(38-36(53-17-54-38)19(2)35(29)55-20(3)46)25(45(32)42(49)15-41(24,4)44(31)16-42)14-52-40(48)30-37-22(10-11-43-30)23-13-21(50-5)8-9-26(23)56-37/h8-9,12-13,25,30-32,39,43,47,49H,10-11,14-17H2,1-7H3/t25-,30+,31+,32?,39+,41?,42-/m0/s1. The van der Waals surface area contributed by atoms with Crippen LogP contribution in [0.4, 0.5) is 0 Å². The molecule has 10 rings (SSSR count). The van der Waals surface area contributed by atoms with E-state index in [1.165, 1.54) is 6.92 Å². The van der Waals surface area contributed by atoms with Crippen molar-refractivity contribution in [2.45, 2.75) is 81.2 Å². The summed E-state index contributed by atoms with van der Waals surface area (Å²) in [6.45, 7) is 7.76. The second-order valence-corrected chi connectivity index (χ2v) is 17.1. The molecule has 0 amide bonds. The fourth-order valence-electron chi connectivity index (χ4n) is 11.1. The lowest BCUT2D eigenvalue weighted by Gasteiger charge is -2.58. The molecule has 2 bridgehead atoms. The zero-order valence-corrected chi connectivity index (χ0v) is 33.6. The third-order valence-electron chi connectivity index (χ3n) is 13.2. The molecule has 6 aliphatic heterocycles. The molecule has 6 aliphatic rings. The minimum Gasteiger partial charge on any atom is -0.504 e. The number of thioether (sulfide) groups is 1. The van der Waals surface area contributed by atoms with Crippen molar-refractivity contribution < 1.29 is 52.6 Å². The molecule has 0 saturated carbocycles. The van der Waals surface area contributed by atoms with Crippen LogP contribution in [0, 0.1) is 13.8 Å². The highest BCUT2D eigenvalue weighted by atomic mass is 32.2. The summed E-state index contributed by atoms with van der Waals surface area (Å²) in [5.41, 5.74) is 3.92. The first-order valence-corrected chi connectivity index (χ1v) is 20.5. The molecule has 3 aromatic carbocycles. The average Bonchev–Trinajstić information content (AvgIpc) is 3.93. The second-order valence-electron chi connectivity index (χ2n) is 16.1. The van der Waals surface area contributed by atoms with Gasteiger partial charge in [-0.25, -0.2) is 4.79 Å². The first-order valence-electron chi connectivity index (χ1n) is 19.2. The summed E-state index contributed by atoms with van der Waals surface area (Å²) >= 11 is 1.56. The lowest BCUT2D eigenvalue weighted by molar-refractivity contribution is -0.194. The molecule has 0 spiro atoms. The zero-order valence-electron chi connectivity index (χ0n) is 32.8. The summed E-state index contributed by atoms with van der Waals surface area (Å²) in [6.07, 6.45) is 2.95. The number of fused-ring (bicyclic) bond motifs is 13. The van der Waals surface area contributed by atoms with Crippen LogP contribution in [0.2, 0.25) is 0 Å². The number of rotatable bonds is 7. The number of carbonyl (C=O) groups is 2. The fraction of sp³-hybridized carbons (Fsp3) is 0.476. The number of benzene rings is 3. The second kappa shape index (κ2) is 12.7. The van der Waals surface area contributed by atoms with E-state index in [1.807, 2.05) is 38.3 Å². The van der Waals surface area contributed by atoms with Gasteiger partial charge in [0.15, 0.2) is 29.0 Å². The van der Waals surface area contributed by atoms with Gasteiger partial charge in [-0.15, -0.1) is 0 Å². The number of piperazine rings is 1. The van der Waals surface area contributed by atoms with Crippen molar-refractivity contribution in [1.82, 2.24) is 15.1 Å². The third kappa shape index (κ3) is 4.86. The molecular weight excluding hydrogens is 755 g/mol. The van der Waals surface area contributed by atoms with Gasteiger partial charge in [0.2, 0.25) is 6.79 Å². The average molecular weight is 800 g/mol. The lowest BCUT2D eigenvalue weighted by Crippen LogP contribution is -2.66. The Kier molecular flexibility index (Phi) is 8.14. The number of furan rings is 1. The molecule has 2 fully saturated rings. The Morgan fingerprint density at radius 3 is 2.60 bits per heavy atom. The number of phenols is 1. The summed E-state index contributed by atoms with van der Waals surface area (Å²) < 4.78 is 42.2. The molecule has 3 N–H and O–H groups in total. The number of carbonyl (C=O) groups excluding carboxylic acids is 2. The number of aliphatic hydroxyl groups is 1. The number of aryl methyl sites for hydroxylation is 1. The van der Waals surface area contributed by atoms with Crippen LogP contribution >= 0.6 is 11.8 Å². The van der Waals surface area contributed by atoms with Gasteiger partial charge in [-0.1, -0.05) is 0 Å². The molecule has 0 radical (unpaired) electrons. The topological polar surface area (TPSA) is 162 Å². The molecule has 300 valence electrons. The van der Waals surface area contributed by atoms with Gasteiger partial charge in [0.1, 0.15) is 35.2 Å². The minimum atomic E-state index is -1.41. The SMILES string of the molecule is COc1ccc2oc3c(c2c1)CCN[C@H]3C(=O)OC[C@H]1c2c3c(c(C)c(OC(C)=O)c2[C@@H](SC)C2[C@H]4c5c(cc(C)c(OC)c5O)C5(C)C[C@](O)(CN45)N21)OCO3. The first kappa shape index (κ1) is 36.7. The van der Waals surface area contributed by atoms with E-state index in [2.05, 4.69) is 28.1 Å². The van der Waals surface area contributed by atoms with Crippen molar-refractivity contribution in [3.63, 3.8) is 0 Å². The Morgan fingerprint density at radius 1 is 1.07 bits per heavy atom. The van der Waals surface area contributed by atoms with Crippen molar-refractivity contribution in [3.8, 4) is 34.5 Å². The number of methoxy groups -OCH3 is 2. The highest BCUT2D eigenvalue weighted by Crippen LogP contribution is 2.70. The monoisotopic (exact) mass is 799 g/mol. The summed E-state index contributed by atoms with van der Waals surface area (Å²) in [5, 5.41) is 28.9. The van der Waals surface area contributed by atoms with Crippen molar-refractivity contribution in [2.75, 3.05) is 47.0 Å². The maximum atomic E-state index is 14.4. The molecule has 14 nitrogen and oxygen atoms in total. The van der Waals surface area contributed by atoms with Crippen molar-refractivity contribution in [1.29, 1.82) is 0 Å². The minimum absolute atomic E-state index is 0.0588. The highest BCUT2D eigenvalue weighted by Gasteiger charge is 2.71. The Labute approximate surface area is 333 Å². The van der Waals surface area contributed by atoms with Gasteiger partial charge >= 0.3 is 11.9 Å². The zero-order chi connectivity index (χ0) is 39.9. The maximum absolute atomic E-state index is 14.4. The van der Waals surface area contributed by atoms with Gasteiger partial charge in [0.25, 0.3) is 0 Å². The number of hydrogen-bond donors (Lipinski definition) is 3. The van der Waals surface area contributed by atoms with Crippen LogP contribution in [0.25, 0.3) is 11.0 Å². The molecule has 7 atom stereocenters. The first-order chi connectivity index (χ1) is 27.3. The van der Waals surface area contributed by atoms with Crippen LogP contribution in [0.1, 0.15) is 88.3 Å². The predicted molar refractivity (Wildman–Crippen MR) is 207 cm³/mol. The van der Waals surface area contributed by atoms with E-state index >= 15 is 0 Å². The molecule has 1 aromatic heterocycles. The highest BCUT2D eigenvalue weighted by molar-refractivity contribution is 7.98. The maximum Gasteiger partial charge on any atom is 0.331 e. The number of phenolic OH excluding ortho intramolecular Hbond substituents is 1. The van der Waals surface area contributed by atoms with Gasteiger partial charge in [-0.05, 0) is 68.8 Å². The van der Waals surface area contributed by atoms with E-state index in [4.69, 9.17) is 32.8 Å². The van der Waals surface area contributed by atoms with Gasteiger partial charge < -0.3 is 43.1 Å². The summed E-state index contributed by atoms with van der Waals surface area (Å²) in [5.74, 6) is 1.85. The molecular formula is C42H45N3O11S. The third-order valence-corrected chi connectivity index (χ3v) is 14.2. The predicted octanol–water partition coefficient (Wildman–Crippen LogP) is 5.36. The molecule has 0 aliphatic carbocycles. The van der Waals surface area contributed by atoms with E-state index in [0.29, 0.717) is 76.2 Å². The van der Waals surface area contributed by atoms with Crippen LogP contribution in [-0.4, -0.2) is 90.7 Å². The Hall–Kier alpha value is -4.67. The van der Waals surface area contributed by atoms with E-state index in [-0.39, 0.29) is 25.7 Å².